The van der Waals surface area contributed by atoms with Crippen molar-refractivity contribution in [3.05, 3.63) is 60.2 Å². The van der Waals surface area contributed by atoms with Crippen LogP contribution in [0.25, 0.3) is 0 Å². The number of rotatable bonds is 9. The van der Waals surface area contributed by atoms with Crippen LogP contribution in [0.2, 0.25) is 0 Å². The van der Waals surface area contributed by atoms with E-state index in [2.05, 4.69) is 10.6 Å². The van der Waals surface area contributed by atoms with E-state index >= 15 is 0 Å². The van der Waals surface area contributed by atoms with E-state index in [4.69, 9.17) is 0 Å². The number of hydrogen-bond acceptors (Lipinski definition) is 4. The highest BCUT2D eigenvalue weighted by Crippen LogP contribution is 2.27. The van der Waals surface area contributed by atoms with Gasteiger partial charge in [0.25, 0.3) is 0 Å². The van der Waals surface area contributed by atoms with E-state index in [1.807, 2.05) is 44.2 Å². The Kier molecular flexibility index (Phi) is 8.85. The summed E-state index contributed by atoms with van der Waals surface area (Å²) in [6.45, 7) is 3.73. The molecule has 7 nitrogen and oxygen atoms in total. The molecule has 0 aromatic heterocycles. The summed E-state index contributed by atoms with van der Waals surface area (Å²) in [6, 6.07) is 14.9. The number of amides is 2. The van der Waals surface area contributed by atoms with Crippen molar-refractivity contribution in [2.24, 2.45) is 5.92 Å². The quantitative estimate of drug-likeness (QED) is 0.562. The molecular weight excluding hydrogens is 450 g/mol. The average molecular weight is 486 g/mol. The molecule has 1 aliphatic rings. The summed E-state index contributed by atoms with van der Waals surface area (Å²) in [5.74, 6) is -0.692. The molecule has 8 heteroatoms. The first-order valence-electron chi connectivity index (χ1n) is 11.9. The van der Waals surface area contributed by atoms with Crippen molar-refractivity contribution >= 4 is 27.5 Å². The fourth-order valence-corrected chi connectivity index (χ4v) is 5.69. The van der Waals surface area contributed by atoms with Gasteiger partial charge >= 0.3 is 0 Å². The number of carbonyl (C=O) groups is 2. The Morgan fingerprint density at radius 3 is 2.18 bits per heavy atom. The fourth-order valence-electron chi connectivity index (χ4n) is 4.28. The number of sulfonamides is 1. The molecule has 0 unspecified atom stereocenters. The number of nitrogens with zero attached hydrogens (tertiary/aromatic N) is 1. The summed E-state index contributed by atoms with van der Waals surface area (Å²) in [6.07, 6.45) is 5.22. The normalized spacial score (nSPS) is 15.8. The SMILES string of the molecule is CC(C)[C@H](NC(=O)Cc1ccccc1)C(=O)Nc1ccc(S(=O)(=O)N(C)C2CCCCC2)cc1. The summed E-state index contributed by atoms with van der Waals surface area (Å²) in [7, 11) is -1.95. The fraction of sp³-hybridized carbons (Fsp3) is 0.462. The molecule has 0 spiro atoms. The minimum absolute atomic E-state index is 0.0319. The van der Waals surface area contributed by atoms with Crippen molar-refractivity contribution in [3.63, 3.8) is 0 Å². The molecule has 1 fully saturated rings. The lowest BCUT2D eigenvalue weighted by Crippen LogP contribution is -2.47. The number of carbonyl (C=O) groups excluding carboxylic acids is 2. The molecule has 0 heterocycles. The molecule has 1 atom stereocenters. The summed E-state index contributed by atoms with van der Waals surface area (Å²) in [4.78, 5) is 25.6. The van der Waals surface area contributed by atoms with Gasteiger partial charge in [-0.2, -0.15) is 4.31 Å². The zero-order valence-electron chi connectivity index (χ0n) is 20.2. The second-order valence-corrected chi connectivity index (χ2v) is 11.3. The van der Waals surface area contributed by atoms with Gasteiger partial charge in [0.05, 0.1) is 11.3 Å². The summed E-state index contributed by atoms with van der Waals surface area (Å²) < 4.78 is 27.5. The Labute approximate surface area is 203 Å². The molecule has 184 valence electrons. The van der Waals surface area contributed by atoms with Crippen LogP contribution in [0.15, 0.2) is 59.5 Å². The van der Waals surface area contributed by atoms with Crippen LogP contribution in [-0.4, -0.2) is 43.7 Å². The van der Waals surface area contributed by atoms with Gasteiger partial charge in [0.2, 0.25) is 21.8 Å². The molecule has 3 rings (SSSR count). The molecular formula is C26H35N3O4S. The van der Waals surface area contributed by atoms with Crippen LogP contribution in [0.4, 0.5) is 5.69 Å². The summed E-state index contributed by atoms with van der Waals surface area (Å²) in [5.41, 5.74) is 1.35. The van der Waals surface area contributed by atoms with Gasteiger partial charge in [-0.05, 0) is 48.6 Å². The van der Waals surface area contributed by atoms with Crippen molar-refractivity contribution in [1.29, 1.82) is 0 Å². The standard InChI is InChI=1S/C26H35N3O4S/c1-19(2)25(28-24(30)18-20-10-6-4-7-11-20)26(31)27-21-14-16-23(17-15-21)34(32,33)29(3)22-12-8-5-9-13-22/h4,6-7,10-11,14-17,19,22,25H,5,8-9,12-13,18H2,1-3H3,(H,27,31)(H,28,30)/t25-/m0/s1. The second-order valence-electron chi connectivity index (χ2n) is 9.28. The van der Waals surface area contributed by atoms with E-state index in [0.29, 0.717) is 5.69 Å². The third kappa shape index (κ3) is 6.67. The molecule has 2 amide bonds. The second kappa shape index (κ2) is 11.6. The Morgan fingerprint density at radius 2 is 1.59 bits per heavy atom. The lowest BCUT2D eigenvalue weighted by molar-refractivity contribution is -0.127. The maximum atomic E-state index is 13.0. The number of anilines is 1. The van der Waals surface area contributed by atoms with Crippen molar-refractivity contribution in [2.45, 2.75) is 69.4 Å². The Morgan fingerprint density at radius 1 is 0.971 bits per heavy atom. The highest BCUT2D eigenvalue weighted by Gasteiger charge is 2.29. The molecule has 2 aromatic carbocycles. The van der Waals surface area contributed by atoms with Crippen molar-refractivity contribution < 1.29 is 18.0 Å². The Balaban J connectivity index is 1.63. The Bertz CT molecular complexity index is 1060. The van der Waals surface area contributed by atoms with E-state index in [1.54, 1.807) is 19.2 Å². The van der Waals surface area contributed by atoms with Crippen LogP contribution in [0.3, 0.4) is 0 Å². The highest BCUT2D eigenvalue weighted by atomic mass is 32.2. The zero-order valence-corrected chi connectivity index (χ0v) is 21.0. The van der Waals surface area contributed by atoms with E-state index < -0.39 is 16.1 Å². The van der Waals surface area contributed by atoms with Gasteiger partial charge in [0, 0.05) is 18.8 Å². The molecule has 0 radical (unpaired) electrons. The first-order valence-corrected chi connectivity index (χ1v) is 13.3. The van der Waals surface area contributed by atoms with Crippen LogP contribution in [0.5, 0.6) is 0 Å². The molecule has 0 bridgehead atoms. The third-order valence-electron chi connectivity index (χ3n) is 6.36. The summed E-state index contributed by atoms with van der Waals surface area (Å²) >= 11 is 0. The predicted molar refractivity (Wildman–Crippen MR) is 134 cm³/mol. The van der Waals surface area contributed by atoms with E-state index in [9.17, 15) is 18.0 Å². The number of hydrogen-bond donors (Lipinski definition) is 2. The van der Waals surface area contributed by atoms with Crippen molar-refractivity contribution in [3.8, 4) is 0 Å². The van der Waals surface area contributed by atoms with Gasteiger partial charge in [-0.1, -0.05) is 63.4 Å². The first kappa shape index (κ1) is 25.9. The lowest BCUT2D eigenvalue weighted by Gasteiger charge is -2.30. The predicted octanol–water partition coefficient (Wildman–Crippen LogP) is 3.96. The van der Waals surface area contributed by atoms with Crippen LogP contribution < -0.4 is 10.6 Å². The van der Waals surface area contributed by atoms with Crippen LogP contribution in [-0.2, 0) is 26.0 Å². The number of nitrogens with one attached hydrogen (secondary N) is 2. The van der Waals surface area contributed by atoms with E-state index in [1.165, 1.54) is 16.4 Å². The minimum Gasteiger partial charge on any atom is -0.344 e. The molecule has 0 saturated heterocycles. The molecule has 34 heavy (non-hydrogen) atoms. The van der Waals surface area contributed by atoms with E-state index in [-0.39, 0.29) is 35.1 Å². The van der Waals surface area contributed by atoms with Crippen LogP contribution >= 0.6 is 0 Å². The van der Waals surface area contributed by atoms with Crippen molar-refractivity contribution in [1.82, 2.24) is 9.62 Å². The van der Waals surface area contributed by atoms with Crippen LogP contribution in [0, 0.1) is 5.92 Å². The average Bonchev–Trinajstić information content (AvgIpc) is 2.83. The zero-order chi connectivity index (χ0) is 24.7. The lowest BCUT2D eigenvalue weighted by atomic mass is 9.96. The highest BCUT2D eigenvalue weighted by molar-refractivity contribution is 7.89. The van der Waals surface area contributed by atoms with Gasteiger partial charge in [0.1, 0.15) is 6.04 Å². The largest absolute Gasteiger partial charge is 0.344 e. The monoisotopic (exact) mass is 485 g/mol. The molecule has 1 saturated carbocycles. The minimum atomic E-state index is -3.60. The maximum absolute atomic E-state index is 13.0. The first-order chi connectivity index (χ1) is 16.2. The maximum Gasteiger partial charge on any atom is 0.247 e. The Hall–Kier alpha value is -2.71. The topological polar surface area (TPSA) is 95.6 Å². The van der Waals surface area contributed by atoms with Crippen LogP contribution in [0.1, 0.15) is 51.5 Å². The summed E-state index contributed by atoms with van der Waals surface area (Å²) in [5, 5.41) is 5.62. The molecule has 1 aliphatic carbocycles. The van der Waals surface area contributed by atoms with Gasteiger partial charge in [-0.3, -0.25) is 9.59 Å². The smallest absolute Gasteiger partial charge is 0.247 e. The third-order valence-corrected chi connectivity index (χ3v) is 8.29. The van der Waals surface area contributed by atoms with Crippen molar-refractivity contribution in [2.75, 3.05) is 12.4 Å². The molecule has 0 aliphatic heterocycles. The van der Waals surface area contributed by atoms with E-state index in [0.717, 1.165) is 37.7 Å². The van der Waals surface area contributed by atoms with Gasteiger partial charge in [-0.25, -0.2) is 8.42 Å². The molecule has 2 N–H and O–H groups in total. The van der Waals surface area contributed by atoms with Gasteiger partial charge < -0.3 is 10.6 Å². The van der Waals surface area contributed by atoms with Gasteiger partial charge in [0.15, 0.2) is 0 Å². The number of benzene rings is 2. The van der Waals surface area contributed by atoms with Gasteiger partial charge in [-0.15, -0.1) is 0 Å². The molecule has 2 aromatic rings.